The van der Waals surface area contributed by atoms with Gasteiger partial charge in [0.15, 0.2) is 0 Å². The number of methoxy groups -OCH3 is 1. The molecule has 33 heavy (non-hydrogen) atoms. The molecule has 2 heterocycles. The summed E-state index contributed by atoms with van der Waals surface area (Å²) in [6, 6.07) is 16.0. The van der Waals surface area contributed by atoms with E-state index in [9.17, 15) is 4.79 Å². The number of hydrogen-bond acceptors (Lipinski definition) is 6. The van der Waals surface area contributed by atoms with E-state index in [-0.39, 0.29) is 11.9 Å². The van der Waals surface area contributed by atoms with Crippen LogP contribution in [0, 0.1) is 0 Å². The summed E-state index contributed by atoms with van der Waals surface area (Å²) >= 11 is 0. The highest BCUT2D eigenvalue weighted by molar-refractivity contribution is 6.02. The molecular formula is C26H31N5O2. The van der Waals surface area contributed by atoms with E-state index in [1.165, 1.54) is 11.1 Å². The molecule has 1 aliphatic heterocycles. The van der Waals surface area contributed by atoms with Crippen LogP contribution in [0.3, 0.4) is 0 Å². The van der Waals surface area contributed by atoms with Gasteiger partial charge in [-0.25, -0.2) is 9.97 Å². The number of amides is 1. The first kappa shape index (κ1) is 22.9. The highest BCUT2D eigenvalue weighted by Crippen LogP contribution is 2.26. The van der Waals surface area contributed by atoms with Crippen LogP contribution in [-0.4, -0.2) is 54.1 Å². The van der Waals surface area contributed by atoms with Crippen LogP contribution in [0.25, 0.3) is 10.9 Å². The molecule has 1 unspecified atom stereocenters. The first-order chi connectivity index (χ1) is 16.1. The summed E-state index contributed by atoms with van der Waals surface area (Å²) in [5, 5.41) is 7.36. The van der Waals surface area contributed by atoms with E-state index in [2.05, 4.69) is 44.6 Å². The number of hydrogen-bond donors (Lipinski definition) is 2. The molecule has 1 atom stereocenters. The predicted molar refractivity (Wildman–Crippen MR) is 132 cm³/mol. The first-order valence-electron chi connectivity index (χ1n) is 11.4. The topological polar surface area (TPSA) is 79.4 Å². The molecule has 1 amide bonds. The number of rotatable bonds is 8. The number of anilines is 2. The van der Waals surface area contributed by atoms with E-state index >= 15 is 0 Å². The zero-order chi connectivity index (χ0) is 23.0. The minimum atomic E-state index is -0.0984. The zero-order valence-electron chi connectivity index (χ0n) is 19.3. The molecule has 172 valence electrons. The minimum absolute atomic E-state index is 0.0852. The van der Waals surface area contributed by atoms with Crippen molar-refractivity contribution in [3.05, 3.63) is 72.1 Å². The van der Waals surface area contributed by atoms with Crippen molar-refractivity contribution in [2.45, 2.75) is 25.8 Å². The smallest absolute Gasteiger partial charge is 0.248 e. The first-order valence-corrected chi connectivity index (χ1v) is 11.4. The van der Waals surface area contributed by atoms with Crippen molar-refractivity contribution in [3.8, 4) is 0 Å². The number of ether oxygens (including phenoxy) is 1. The van der Waals surface area contributed by atoms with Gasteiger partial charge in [0.25, 0.3) is 0 Å². The van der Waals surface area contributed by atoms with Gasteiger partial charge in [-0.05, 0) is 43.5 Å². The highest BCUT2D eigenvalue weighted by Gasteiger charge is 2.15. The maximum Gasteiger partial charge on any atom is 0.248 e. The molecule has 1 fully saturated rings. The summed E-state index contributed by atoms with van der Waals surface area (Å²) in [5.74, 6) is 0.646. The number of nitrogens with one attached hydrogen (secondary N) is 2. The number of benzene rings is 2. The number of aromatic nitrogens is 2. The number of nitrogens with zero attached hydrogens (tertiary/aromatic N) is 3. The number of carbonyl (C=O) groups is 1. The van der Waals surface area contributed by atoms with E-state index in [0.717, 1.165) is 61.5 Å². The van der Waals surface area contributed by atoms with E-state index in [0.29, 0.717) is 0 Å². The van der Waals surface area contributed by atoms with Gasteiger partial charge < -0.3 is 20.3 Å². The third-order valence-corrected chi connectivity index (χ3v) is 6.00. The molecule has 7 nitrogen and oxygen atoms in total. The van der Waals surface area contributed by atoms with Crippen molar-refractivity contribution in [3.63, 3.8) is 0 Å². The van der Waals surface area contributed by atoms with Crippen molar-refractivity contribution in [2.24, 2.45) is 0 Å². The van der Waals surface area contributed by atoms with Crippen molar-refractivity contribution in [1.29, 1.82) is 0 Å². The lowest BCUT2D eigenvalue weighted by molar-refractivity contribution is -0.112. The molecule has 0 saturated carbocycles. The highest BCUT2D eigenvalue weighted by atomic mass is 16.5. The second-order valence-corrected chi connectivity index (χ2v) is 8.36. The molecule has 0 bridgehead atoms. The zero-order valence-corrected chi connectivity index (χ0v) is 19.3. The van der Waals surface area contributed by atoms with E-state index in [4.69, 9.17) is 4.74 Å². The molecule has 2 N–H and O–H groups in total. The molecule has 7 heteroatoms. The predicted octanol–water partition coefficient (Wildman–Crippen LogP) is 4.41. The standard InChI is InChI=1S/C26H31N5O2/c1-19(21-6-4-3-5-7-21)29-26-23-17-22(8-9-24(23)27-18-28-26)30-25(32)16-20-10-12-31(13-11-20)14-15-33-2/h3-9,16-19H,10-15H2,1-2H3,(H,30,32)(H,27,28,29). The summed E-state index contributed by atoms with van der Waals surface area (Å²) in [5.41, 5.74) is 3.91. The Morgan fingerprint density at radius 3 is 2.70 bits per heavy atom. The molecule has 0 radical (unpaired) electrons. The van der Waals surface area contributed by atoms with Crippen LogP contribution in [0.5, 0.6) is 0 Å². The van der Waals surface area contributed by atoms with Gasteiger partial charge in [0.1, 0.15) is 12.1 Å². The quantitative estimate of drug-likeness (QED) is 0.500. The lowest BCUT2D eigenvalue weighted by Crippen LogP contribution is -2.33. The SMILES string of the molecule is COCCN1CCC(=CC(=O)Nc2ccc3ncnc(NC(C)c4ccccc4)c3c2)CC1. The van der Waals surface area contributed by atoms with Gasteiger partial charge in [0, 0.05) is 49.9 Å². The average Bonchev–Trinajstić information content (AvgIpc) is 2.84. The summed E-state index contributed by atoms with van der Waals surface area (Å²) in [6.07, 6.45) is 5.13. The maximum atomic E-state index is 12.7. The Kier molecular flexibility index (Phi) is 7.65. The monoisotopic (exact) mass is 445 g/mol. The van der Waals surface area contributed by atoms with Crippen LogP contribution in [0.15, 0.2) is 66.5 Å². The molecule has 1 saturated heterocycles. The Labute approximate surface area is 194 Å². The summed E-state index contributed by atoms with van der Waals surface area (Å²) in [4.78, 5) is 23.8. The van der Waals surface area contributed by atoms with E-state index in [1.54, 1.807) is 19.5 Å². The Bertz CT molecular complexity index is 1110. The fourth-order valence-corrected chi connectivity index (χ4v) is 4.07. The average molecular weight is 446 g/mol. The normalized spacial score (nSPS) is 15.3. The van der Waals surface area contributed by atoms with Gasteiger partial charge in [-0.2, -0.15) is 0 Å². The maximum absolute atomic E-state index is 12.7. The van der Waals surface area contributed by atoms with Crippen molar-refractivity contribution < 1.29 is 9.53 Å². The fraction of sp³-hybridized carbons (Fsp3) is 0.346. The fourth-order valence-electron chi connectivity index (χ4n) is 4.07. The van der Waals surface area contributed by atoms with Gasteiger partial charge in [0.05, 0.1) is 12.1 Å². The van der Waals surface area contributed by atoms with Gasteiger partial charge >= 0.3 is 0 Å². The Morgan fingerprint density at radius 1 is 1.15 bits per heavy atom. The molecule has 4 rings (SSSR count). The lowest BCUT2D eigenvalue weighted by Gasteiger charge is -2.27. The Hall–Kier alpha value is -3.29. The number of piperidine rings is 1. The lowest BCUT2D eigenvalue weighted by atomic mass is 10.0. The van der Waals surface area contributed by atoms with Gasteiger partial charge in [-0.3, -0.25) is 4.79 Å². The van der Waals surface area contributed by atoms with E-state index in [1.807, 2.05) is 36.4 Å². The largest absolute Gasteiger partial charge is 0.383 e. The Morgan fingerprint density at radius 2 is 1.94 bits per heavy atom. The van der Waals surface area contributed by atoms with Crippen LogP contribution in [0.2, 0.25) is 0 Å². The molecular weight excluding hydrogens is 414 g/mol. The number of carbonyl (C=O) groups excluding carboxylic acids is 1. The summed E-state index contributed by atoms with van der Waals surface area (Å²) in [7, 11) is 1.72. The van der Waals surface area contributed by atoms with Gasteiger partial charge in [-0.1, -0.05) is 35.9 Å². The third kappa shape index (κ3) is 6.15. The van der Waals surface area contributed by atoms with Gasteiger partial charge in [-0.15, -0.1) is 0 Å². The van der Waals surface area contributed by atoms with Crippen LogP contribution >= 0.6 is 0 Å². The molecule has 0 aliphatic carbocycles. The molecule has 2 aromatic carbocycles. The Balaban J connectivity index is 1.43. The summed E-state index contributed by atoms with van der Waals surface area (Å²) in [6.45, 7) is 5.71. The van der Waals surface area contributed by atoms with Crippen LogP contribution in [0.1, 0.15) is 31.4 Å². The summed E-state index contributed by atoms with van der Waals surface area (Å²) < 4.78 is 5.15. The second-order valence-electron chi connectivity index (χ2n) is 8.36. The molecule has 0 spiro atoms. The van der Waals surface area contributed by atoms with Crippen molar-refractivity contribution in [2.75, 3.05) is 44.0 Å². The molecule has 1 aromatic heterocycles. The molecule has 1 aliphatic rings. The van der Waals surface area contributed by atoms with Gasteiger partial charge in [0.2, 0.25) is 5.91 Å². The number of likely N-dealkylation sites (tertiary alicyclic amines) is 1. The minimum Gasteiger partial charge on any atom is -0.383 e. The van der Waals surface area contributed by atoms with Crippen LogP contribution < -0.4 is 10.6 Å². The van der Waals surface area contributed by atoms with Crippen molar-refractivity contribution in [1.82, 2.24) is 14.9 Å². The van der Waals surface area contributed by atoms with Crippen molar-refractivity contribution >= 4 is 28.3 Å². The van der Waals surface area contributed by atoms with Crippen LogP contribution in [0.4, 0.5) is 11.5 Å². The van der Waals surface area contributed by atoms with E-state index < -0.39 is 0 Å². The third-order valence-electron chi connectivity index (χ3n) is 6.00. The second kappa shape index (κ2) is 11.0. The number of fused-ring (bicyclic) bond motifs is 1. The van der Waals surface area contributed by atoms with Crippen LogP contribution in [-0.2, 0) is 9.53 Å². The molecule has 3 aromatic rings.